The molecule has 1 aromatic heterocycles. The standard InChI is InChI=1S/C4H4O.C3H2N2O2/c1-2-4-5-3-1;6-2-4-1-5-3-7/h1-4H;1H2. The first-order valence-corrected chi connectivity index (χ1v) is 2.96. The zero-order valence-corrected chi connectivity index (χ0v) is 6.14. The third-order valence-corrected chi connectivity index (χ3v) is 0.696. The minimum atomic E-state index is -0.160. The van der Waals surface area contributed by atoms with Crippen LogP contribution in [0.1, 0.15) is 0 Å². The number of nitrogens with zero attached hydrogens (tertiary/aromatic N) is 2. The first-order chi connectivity index (χ1) is 5.91. The first kappa shape index (κ1) is 10.0. The highest BCUT2D eigenvalue weighted by Crippen LogP contribution is 1.79. The Bertz CT molecular complexity index is 236. The van der Waals surface area contributed by atoms with E-state index in [4.69, 9.17) is 0 Å². The average Bonchev–Trinajstić information content (AvgIpc) is 2.62. The minimum absolute atomic E-state index is 0.160. The maximum absolute atomic E-state index is 9.20. The van der Waals surface area contributed by atoms with Crippen molar-refractivity contribution in [3.63, 3.8) is 0 Å². The molecule has 0 N–H and O–H groups in total. The second-order valence-electron chi connectivity index (χ2n) is 1.43. The molecule has 0 aliphatic carbocycles. The Kier molecular flexibility index (Phi) is 7.56. The molecular weight excluding hydrogens is 160 g/mol. The summed E-state index contributed by atoms with van der Waals surface area (Å²) in [5, 5.41) is 0. The number of hydrogen-bond donors (Lipinski definition) is 0. The third-order valence-electron chi connectivity index (χ3n) is 0.696. The monoisotopic (exact) mass is 166 g/mol. The van der Waals surface area contributed by atoms with E-state index in [1.807, 2.05) is 12.1 Å². The number of hydrogen-bond acceptors (Lipinski definition) is 5. The molecular formula is C7H6N2O3. The van der Waals surface area contributed by atoms with Crippen molar-refractivity contribution >= 4 is 12.2 Å². The summed E-state index contributed by atoms with van der Waals surface area (Å²) in [5.74, 6) is 0. The Labute approximate surface area is 68.4 Å². The molecule has 0 saturated heterocycles. The van der Waals surface area contributed by atoms with Gasteiger partial charge in [-0.1, -0.05) is 0 Å². The van der Waals surface area contributed by atoms with Gasteiger partial charge in [-0.25, -0.2) is 9.59 Å². The van der Waals surface area contributed by atoms with E-state index < -0.39 is 0 Å². The maximum atomic E-state index is 9.20. The second kappa shape index (κ2) is 9.04. The van der Waals surface area contributed by atoms with E-state index in [2.05, 4.69) is 14.4 Å². The summed E-state index contributed by atoms with van der Waals surface area (Å²) in [5.41, 5.74) is 0. The van der Waals surface area contributed by atoms with Gasteiger partial charge in [0.25, 0.3) is 0 Å². The van der Waals surface area contributed by atoms with Crippen molar-refractivity contribution in [3.05, 3.63) is 24.7 Å². The van der Waals surface area contributed by atoms with Crippen molar-refractivity contribution in [3.8, 4) is 0 Å². The van der Waals surface area contributed by atoms with Crippen molar-refractivity contribution < 1.29 is 14.0 Å². The summed E-state index contributed by atoms with van der Waals surface area (Å²) in [6.07, 6.45) is 5.66. The zero-order chi connectivity index (χ0) is 9.07. The Morgan fingerprint density at radius 2 is 1.58 bits per heavy atom. The topological polar surface area (TPSA) is 72.0 Å². The van der Waals surface area contributed by atoms with Crippen LogP contribution in [-0.2, 0) is 9.59 Å². The van der Waals surface area contributed by atoms with Crippen LogP contribution in [0.3, 0.4) is 0 Å². The molecule has 0 fully saturated rings. The van der Waals surface area contributed by atoms with Crippen molar-refractivity contribution in [1.82, 2.24) is 0 Å². The molecule has 0 amide bonds. The Morgan fingerprint density at radius 3 is 1.83 bits per heavy atom. The quantitative estimate of drug-likeness (QED) is 0.483. The summed E-state index contributed by atoms with van der Waals surface area (Å²) in [7, 11) is 0. The van der Waals surface area contributed by atoms with Gasteiger partial charge < -0.3 is 4.42 Å². The number of furan rings is 1. The molecule has 0 aromatic carbocycles. The molecule has 0 saturated carbocycles. The van der Waals surface area contributed by atoms with Crippen molar-refractivity contribution in [2.24, 2.45) is 9.98 Å². The Morgan fingerprint density at radius 1 is 1.08 bits per heavy atom. The molecule has 5 nitrogen and oxygen atoms in total. The van der Waals surface area contributed by atoms with E-state index in [1.165, 1.54) is 12.2 Å². The first-order valence-electron chi connectivity index (χ1n) is 2.96. The van der Waals surface area contributed by atoms with Gasteiger partial charge in [0.1, 0.15) is 0 Å². The van der Waals surface area contributed by atoms with Crippen LogP contribution < -0.4 is 0 Å². The van der Waals surface area contributed by atoms with Crippen molar-refractivity contribution in [2.45, 2.75) is 0 Å². The van der Waals surface area contributed by atoms with Gasteiger partial charge in [-0.3, -0.25) is 0 Å². The average molecular weight is 166 g/mol. The smallest absolute Gasteiger partial charge is 0.236 e. The third kappa shape index (κ3) is 8.04. The van der Waals surface area contributed by atoms with Crippen LogP contribution in [0.25, 0.3) is 0 Å². The highest BCUT2D eigenvalue weighted by Gasteiger charge is 1.63. The van der Waals surface area contributed by atoms with Crippen LogP contribution in [0.4, 0.5) is 0 Å². The fraction of sp³-hybridized carbons (Fsp3) is 0.143. The van der Waals surface area contributed by atoms with E-state index in [9.17, 15) is 9.59 Å². The molecule has 12 heavy (non-hydrogen) atoms. The fourth-order valence-corrected chi connectivity index (χ4v) is 0.320. The minimum Gasteiger partial charge on any atom is -0.473 e. The summed E-state index contributed by atoms with van der Waals surface area (Å²) in [6.45, 7) is -0.160. The van der Waals surface area contributed by atoms with E-state index >= 15 is 0 Å². The summed E-state index contributed by atoms with van der Waals surface area (Å²) < 4.78 is 4.58. The van der Waals surface area contributed by atoms with Crippen LogP contribution in [0.15, 0.2) is 39.1 Å². The molecule has 0 unspecified atom stereocenters. The van der Waals surface area contributed by atoms with E-state index in [0.717, 1.165) is 0 Å². The molecule has 0 bridgehead atoms. The van der Waals surface area contributed by atoms with E-state index in [1.54, 1.807) is 12.5 Å². The number of carbonyl (C=O) groups excluding carboxylic acids is 2. The van der Waals surface area contributed by atoms with E-state index in [0.29, 0.717) is 0 Å². The summed E-state index contributed by atoms with van der Waals surface area (Å²) >= 11 is 0. The van der Waals surface area contributed by atoms with Gasteiger partial charge in [0.05, 0.1) is 12.5 Å². The number of rotatable bonds is 2. The highest BCUT2D eigenvalue weighted by molar-refractivity contribution is 5.35. The lowest BCUT2D eigenvalue weighted by Gasteiger charge is -1.63. The molecule has 1 heterocycles. The van der Waals surface area contributed by atoms with Crippen molar-refractivity contribution in [2.75, 3.05) is 6.67 Å². The summed E-state index contributed by atoms with van der Waals surface area (Å²) in [6, 6.07) is 3.67. The predicted octanol–water partition coefficient (Wildman–Crippen LogP) is 0.895. The number of aliphatic imine (C=N–C) groups is 2. The van der Waals surface area contributed by atoms with Gasteiger partial charge in [0.2, 0.25) is 12.2 Å². The molecule has 0 aliphatic heterocycles. The van der Waals surface area contributed by atoms with Gasteiger partial charge in [-0.05, 0) is 12.1 Å². The molecule has 0 aliphatic rings. The largest absolute Gasteiger partial charge is 0.473 e. The molecule has 5 heteroatoms. The molecule has 1 aromatic rings. The van der Waals surface area contributed by atoms with Gasteiger partial charge in [-0.2, -0.15) is 9.98 Å². The number of isocyanates is 2. The van der Waals surface area contributed by atoms with Crippen LogP contribution in [0.2, 0.25) is 0 Å². The maximum Gasteiger partial charge on any atom is 0.236 e. The fourth-order valence-electron chi connectivity index (χ4n) is 0.320. The Balaban J connectivity index is 0.000000211. The highest BCUT2D eigenvalue weighted by atomic mass is 16.3. The molecule has 0 atom stereocenters. The SMILES string of the molecule is O=C=NCN=C=O.c1ccoc1. The lowest BCUT2D eigenvalue weighted by atomic mass is 10.7. The molecule has 0 radical (unpaired) electrons. The second-order valence-corrected chi connectivity index (χ2v) is 1.43. The Hall–Kier alpha value is -1.96. The van der Waals surface area contributed by atoms with Crippen LogP contribution >= 0.6 is 0 Å². The lowest BCUT2D eigenvalue weighted by Crippen LogP contribution is -1.66. The van der Waals surface area contributed by atoms with Gasteiger partial charge >= 0.3 is 0 Å². The van der Waals surface area contributed by atoms with Crippen LogP contribution in [0, 0.1) is 0 Å². The van der Waals surface area contributed by atoms with Crippen LogP contribution in [0.5, 0.6) is 0 Å². The predicted molar refractivity (Wildman–Crippen MR) is 39.8 cm³/mol. The molecule has 62 valence electrons. The molecule has 1 rings (SSSR count). The lowest BCUT2D eigenvalue weighted by molar-refractivity contribution is 0.560. The van der Waals surface area contributed by atoms with Gasteiger partial charge in [0.15, 0.2) is 6.67 Å². The van der Waals surface area contributed by atoms with Gasteiger partial charge in [0, 0.05) is 0 Å². The molecule has 0 spiro atoms. The van der Waals surface area contributed by atoms with Crippen molar-refractivity contribution in [1.29, 1.82) is 0 Å². The van der Waals surface area contributed by atoms with Crippen LogP contribution in [-0.4, -0.2) is 18.8 Å². The zero-order valence-electron chi connectivity index (χ0n) is 6.14. The van der Waals surface area contributed by atoms with E-state index in [-0.39, 0.29) is 6.67 Å². The van der Waals surface area contributed by atoms with Gasteiger partial charge in [-0.15, -0.1) is 0 Å². The summed E-state index contributed by atoms with van der Waals surface area (Å²) in [4.78, 5) is 24.2. The normalized spacial score (nSPS) is 6.67.